The van der Waals surface area contributed by atoms with Crippen molar-refractivity contribution in [1.29, 1.82) is 5.26 Å². The molecule has 1 saturated heterocycles. The van der Waals surface area contributed by atoms with E-state index >= 15 is 0 Å². The fourth-order valence-electron chi connectivity index (χ4n) is 4.56. The molecule has 10 heteroatoms. The first-order chi connectivity index (χ1) is 14.4. The highest BCUT2D eigenvalue weighted by atomic mass is 32.2. The molecule has 3 aliphatic rings. The van der Waals surface area contributed by atoms with Crippen LogP contribution in [0, 0.1) is 11.3 Å². The summed E-state index contributed by atoms with van der Waals surface area (Å²) in [7, 11) is -3.15. The van der Waals surface area contributed by atoms with Crippen molar-refractivity contribution in [3.05, 3.63) is 17.3 Å². The van der Waals surface area contributed by atoms with Gasteiger partial charge in [0.2, 0.25) is 16.0 Å². The summed E-state index contributed by atoms with van der Waals surface area (Å²) in [4.78, 5) is 11.0. The van der Waals surface area contributed by atoms with Gasteiger partial charge in [-0.05, 0) is 38.7 Å². The van der Waals surface area contributed by atoms with E-state index in [0.29, 0.717) is 43.3 Å². The molecular weight excluding hydrogens is 404 g/mol. The molecule has 1 aliphatic carbocycles. The summed E-state index contributed by atoms with van der Waals surface area (Å²) in [5.41, 5.74) is 1.04. The van der Waals surface area contributed by atoms with Gasteiger partial charge in [0, 0.05) is 36.9 Å². The van der Waals surface area contributed by atoms with Crippen LogP contribution in [0.1, 0.15) is 51.0 Å². The van der Waals surface area contributed by atoms with E-state index in [4.69, 9.17) is 4.98 Å². The molecule has 1 unspecified atom stereocenters. The maximum Gasteiger partial charge on any atom is 0.224 e. The number of nitrogens with one attached hydrogen (secondary N) is 1. The van der Waals surface area contributed by atoms with E-state index in [-0.39, 0.29) is 17.8 Å². The van der Waals surface area contributed by atoms with E-state index in [1.54, 1.807) is 23.5 Å². The summed E-state index contributed by atoms with van der Waals surface area (Å²) < 4.78 is 25.6. The number of hydrogen-bond acceptors (Lipinski definition) is 8. The second-order valence-corrected chi connectivity index (χ2v) is 10.4. The third-order valence-electron chi connectivity index (χ3n) is 6.29. The van der Waals surface area contributed by atoms with Gasteiger partial charge in [0.25, 0.3) is 0 Å². The monoisotopic (exact) mass is 432 g/mol. The highest BCUT2D eigenvalue weighted by Gasteiger charge is 2.35. The molecule has 0 aromatic carbocycles. The van der Waals surface area contributed by atoms with Crippen LogP contribution in [-0.2, 0) is 10.0 Å². The molecule has 9 nitrogen and oxygen atoms in total. The first-order valence-corrected chi connectivity index (χ1v) is 12.2. The number of aliphatic hydroxyl groups excluding tert-OH is 1. The lowest BCUT2D eigenvalue weighted by atomic mass is 10.0. The summed E-state index contributed by atoms with van der Waals surface area (Å²) in [6, 6.07) is 2.34. The molecular formula is C20H28N6O3S. The molecule has 0 radical (unpaired) electrons. The van der Waals surface area contributed by atoms with Crippen molar-refractivity contribution < 1.29 is 13.5 Å². The van der Waals surface area contributed by atoms with E-state index < -0.39 is 16.3 Å². The van der Waals surface area contributed by atoms with Crippen LogP contribution in [0.15, 0.2) is 11.8 Å². The molecule has 0 spiro atoms. The number of hydrogen-bond donors (Lipinski definition) is 2. The Morgan fingerprint density at radius 2 is 1.97 bits per heavy atom. The van der Waals surface area contributed by atoms with Crippen LogP contribution in [0.5, 0.6) is 0 Å². The Morgan fingerprint density at radius 3 is 2.60 bits per heavy atom. The average Bonchev–Trinajstić information content (AvgIpc) is 3.28. The first kappa shape index (κ1) is 21.0. The number of aliphatic hydroxyl groups is 1. The topological polar surface area (TPSA) is 122 Å². The third kappa shape index (κ3) is 4.02. The molecule has 2 aliphatic heterocycles. The van der Waals surface area contributed by atoms with Crippen LogP contribution in [0.4, 0.5) is 11.8 Å². The van der Waals surface area contributed by atoms with Crippen molar-refractivity contribution in [2.45, 2.75) is 63.8 Å². The van der Waals surface area contributed by atoms with Crippen molar-refractivity contribution in [1.82, 2.24) is 14.3 Å². The third-order valence-corrected chi connectivity index (χ3v) is 8.17. The first-order valence-electron chi connectivity index (χ1n) is 10.6. The van der Waals surface area contributed by atoms with E-state index in [2.05, 4.69) is 16.4 Å². The molecule has 30 heavy (non-hydrogen) atoms. The van der Waals surface area contributed by atoms with Gasteiger partial charge in [-0.15, -0.1) is 0 Å². The second kappa shape index (κ2) is 8.49. The normalized spacial score (nSPS) is 23.7. The summed E-state index contributed by atoms with van der Waals surface area (Å²) in [6.07, 6.45) is 7.86. The Bertz CT molecular complexity index is 959. The lowest BCUT2D eigenvalue weighted by Crippen LogP contribution is -2.46. The zero-order valence-electron chi connectivity index (χ0n) is 17.2. The van der Waals surface area contributed by atoms with E-state index in [9.17, 15) is 18.8 Å². The summed E-state index contributed by atoms with van der Waals surface area (Å²) in [6.45, 7) is 2.64. The smallest absolute Gasteiger partial charge is 0.224 e. The Hall–Kier alpha value is -2.22. The van der Waals surface area contributed by atoms with Crippen molar-refractivity contribution in [3.8, 4) is 6.07 Å². The quantitative estimate of drug-likeness (QED) is 0.721. The molecule has 0 bridgehead atoms. The molecule has 1 aromatic rings. The van der Waals surface area contributed by atoms with Gasteiger partial charge in [0.05, 0.1) is 17.4 Å². The lowest BCUT2D eigenvalue weighted by Gasteiger charge is -2.37. The number of piperidine rings is 1. The van der Waals surface area contributed by atoms with Gasteiger partial charge < -0.3 is 15.3 Å². The van der Waals surface area contributed by atoms with Crippen molar-refractivity contribution in [3.63, 3.8) is 0 Å². The van der Waals surface area contributed by atoms with E-state index in [1.165, 1.54) is 0 Å². The molecule has 3 heterocycles. The number of rotatable bonds is 5. The molecule has 1 aromatic heterocycles. The second-order valence-electron chi connectivity index (χ2n) is 8.12. The Labute approximate surface area is 177 Å². The molecule has 2 fully saturated rings. The standard InChI is InChI=1S/C20H28N6O3S/c1-2-30(28,29)25-9-7-16(8-10-25)23-20-22-13-15-11-14(12-21)19(27)26(18(15)24-20)17-5-3-4-6-17/h11,13,16-17,19,27H,2-10H2,1H3,(H,22,23,24). The summed E-state index contributed by atoms with van der Waals surface area (Å²) in [5, 5.41) is 23.5. The van der Waals surface area contributed by atoms with Crippen LogP contribution >= 0.6 is 0 Å². The van der Waals surface area contributed by atoms with Crippen LogP contribution in [0.3, 0.4) is 0 Å². The molecule has 1 saturated carbocycles. The number of aromatic nitrogens is 2. The van der Waals surface area contributed by atoms with E-state index in [0.717, 1.165) is 31.2 Å². The number of nitrogens with zero attached hydrogens (tertiary/aromatic N) is 5. The maximum absolute atomic E-state index is 12.0. The van der Waals surface area contributed by atoms with Gasteiger partial charge >= 0.3 is 0 Å². The molecule has 1 atom stereocenters. The minimum absolute atomic E-state index is 0.0880. The lowest BCUT2D eigenvalue weighted by molar-refractivity contribution is 0.194. The van der Waals surface area contributed by atoms with Gasteiger partial charge in [-0.3, -0.25) is 0 Å². The van der Waals surface area contributed by atoms with Gasteiger partial charge in [-0.1, -0.05) is 12.8 Å². The highest BCUT2D eigenvalue weighted by Crippen LogP contribution is 2.36. The van der Waals surface area contributed by atoms with Gasteiger partial charge in [0.1, 0.15) is 5.82 Å². The van der Waals surface area contributed by atoms with Crippen LogP contribution in [0.25, 0.3) is 6.08 Å². The van der Waals surface area contributed by atoms with Crippen molar-refractivity contribution in [2.75, 3.05) is 29.1 Å². The van der Waals surface area contributed by atoms with Crippen LogP contribution < -0.4 is 10.2 Å². The highest BCUT2D eigenvalue weighted by molar-refractivity contribution is 7.89. The van der Waals surface area contributed by atoms with Crippen LogP contribution in [-0.4, -0.2) is 65.0 Å². The van der Waals surface area contributed by atoms with Crippen LogP contribution in [0.2, 0.25) is 0 Å². The van der Waals surface area contributed by atoms with Crippen molar-refractivity contribution >= 4 is 27.9 Å². The summed E-state index contributed by atoms with van der Waals surface area (Å²) >= 11 is 0. The Kier molecular flexibility index (Phi) is 5.95. The number of anilines is 2. The minimum atomic E-state index is -3.15. The SMILES string of the molecule is CCS(=O)(=O)N1CCC(Nc2ncc3c(n2)N(C2CCCC2)C(O)C(C#N)=C3)CC1. The number of nitriles is 1. The largest absolute Gasteiger partial charge is 0.369 e. The van der Waals surface area contributed by atoms with Gasteiger partial charge in [-0.2, -0.15) is 10.2 Å². The van der Waals surface area contributed by atoms with Crippen molar-refractivity contribution in [2.24, 2.45) is 0 Å². The summed E-state index contributed by atoms with van der Waals surface area (Å²) in [5.74, 6) is 1.24. The zero-order chi connectivity index (χ0) is 21.3. The molecule has 2 N–H and O–H groups in total. The minimum Gasteiger partial charge on any atom is -0.369 e. The maximum atomic E-state index is 12.0. The molecule has 0 amide bonds. The zero-order valence-corrected chi connectivity index (χ0v) is 18.0. The molecule has 162 valence electrons. The Balaban J connectivity index is 1.52. The van der Waals surface area contributed by atoms with E-state index in [1.807, 2.05) is 4.90 Å². The molecule has 4 rings (SSSR count). The number of fused-ring (bicyclic) bond motifs is 1. The van der Waals surface area contributed by atoms with Gasteiger partial charge in [-0.25, -0.2) is 17.7 Å². The number of sulfonamides is 1. The van der Waals surface area contributed by atoms with Gasteiger partial charge in [0.15, 0.2) is 6.23 Å². The predicted molar refractivity (Wildman–Crippen MR) is 114 cm³/mol. The average molecular weight is 433 g/mol. The fraction of sp³-hybridized carbons (Fsp3) is 0.650. The predicted octanol–water partition coefficient (Wildman–Crippen LogP) is 1.69. The Morgan fingerprint density at radius 1 is 1.27 bits per heavy atom. The fourth-order valence-corrected chi connectivity index (χ4v) is 5.69.